The Balaban J connectivity index is 1.35. The van der Waals surface area contributed by atoms with Gasteiger partial charge in [-0.1, -0.05) is 12.1 Å². The summed E-state index contributed by atoms with van der Waals surface area (Å²) < 4.78 is 30.6. The fourth-order valence-corrected chi connectivity index (χ4v) is 3.97. The molecule has 0 N–H and O–H groups in total. The lowest BCUT2D eigenvalue weighted by molar-refractivity contribution is -0.153. The summed E-state index contributed by atoms with van der Waals surface area (Å²) in [5.41, 5.74) is 1.48. The Morgan fingerprint density at radius 1 is 1.12 bits per heavy atom. The average Bonchev–Trinajstić information content (AvgIpc) is 2.78. The summed E-state index contributed by atoms with van der Waals surface area (Å²) in [6.07, 6.45) is 6.67. The second-order valence-corrected chi connectivity index (χ2v) is 9.78. The van der Waals surface area contributed by atoms with Crippen molar-refractivity contribution in [3.05, 3.63) is 53.1 Å². The minimum Gasteiger partial charge on any atom is -0.460 e. The van der Waals surface area contributed by atoms with Crippen molar-refractivity contribution in [2.45, 2.75) is 65.3 Å². The average molecular weight is 474 g/mol. The van der Waals surface area contributed by atoms with Crippen LogP contribution in [0.3, 0.4) is 0 Å². The molecule has 0 unspecified atom stereocenters. The number of benzene rings is 1. The van der Waals surface area contributed by atoms with Crippen LogP contribution in [0.1, 0.15) is 56.7 Å². The molecular formula is C26H36FN3O4. The number of anilines is 1. The Morgan fingerprint density at radius 2 is 1.82 bits per heavy atom. The number of methoxy groups -OCH3 is 1. The van der Waals surface area contributed by atoms with Crippen molar-refractivity contribution in [2.24, 2.45) is 5.92 Å². The molecule has 1 aliphatic rings. The van der Waals surface area contributed by atoms with Gasteiger partial charge in [0.15, 0.2) is 0 Å². The van der Waals surface area contributed by atoms with Crippen molar-refractivity contribution in [3.8, 4) is 0 Å². The standard InChI is InChI=1S/C26H36FN3O4/c1-26(2,3)34-24(31)14-22-6-5-20(13-23(22)27)18-33-12-9-19-7-10-30(11-8-19)25-28-15-21(16-29-25)17-32-4/h5-6,13,15-16,19H,7-12,14,17-18H2,1-4H3. The Bertz CT molecular complexity index is 923. The fourth-order valence-electron chi connectivity index (χ4n) is 3.97. The zero-order valence-corrected chi connectivity index (χ0v) is 20.7. The van der Waals surface area contributed by atoms with Crippen molar-refractivity contribution in [2.75, 3.05) is 31.7 Å². The van der Waals surface area contributed by atoms with Gasteiger partial charge in [0.1, 0.15) is 11.4 Å². The number of halogens is 1. The minimum atomic E-state index is -0.582. The number of nitrogens with zero attached hydrogens (tertiary/aromatic N) is 3. The number of carbonyl (C=O) groups excluding carboxylic acids is 1. The van der Waals surface area contributed by atoms with E-state index < -0.39 is 17.4 Å². The lowest BCUT2D eigenvalue weighted by atomic mass is 9.94. The van der Waals surface area contributed by atoms with Gasteiger partial charge < -0.3 is 19.1 Å². The lowest BCUT2D eigenvalue weighted by Gasteiger charge is -2.32. The Kier molecular flexibility index (Phi) is 9.36. The van der Waals surface area contributed by atoms with Crippen molar-refractivity contribution in [3.63, 3.8) is 0 Å². The van der Waals surface area contributed by atoms with Gasteiger partial charge in [-0.05, 0) is 63.1 Å². The Labute approximate surface area is 201 Å². The smallest absolute Gasteiger partial charge is 0.310 e. The molecule has 1 fully saturated rings. The molecule has 34 heavy (non-hydrogen) atoms. The van der Waals surface area contributed by atoms with E-state index in [1.165, 1.54) is 6.07 Å². The molecule has 2 heterocycles. The highest BCUT2D eigenvalue weighted by molar-refractivity contribution is 5.73. The Morgan fingerprint density at radius 3 is 2.44 bits per heavy atom. The summed E-state index contributed by atoms with van der Waals surface area (Å²) >= 11 is 0. The number of ether oxygens (including phenoxy) is 3. The molecule has 1 saturated heterocycles. The van der Waals surface area contributed by atoms with E-state index in [9.17, 15) is 9.18 Å². The van der Waals surface area contributed by atoms with E-state index in [-0.39, 0.29) is 6.42 Å². The maximum Gasteiger partial charge on any atom is 0.310 e. The summed E-state index contributed by atoms with van der Waals surface area (Å²) in [6.45, 7) is 8.74. The maximum absolute atomic E-state index is 14.4. The molecule has 0 atom stereocenters. The summed E-state index contributed by atoms with van der Waals surface area (Å²) in [4.78, 5) is 23.1. The number of piperidine rings is 1. The Hall–Kier alpha value is -2.58. The highest BCUT2D eigenvalue weighted by atomic mass is 19.1. The molecule has 0 aliphatic carbocycles. The third kappa shape index (κ3) is 8.33. The molecule has 0 amide bonds. The van der Waals surface area contributed by atoms with E-state index in [0.717, 1.165) is 49.4 Å². The van der Waals surface area contributed by atoms with Gasteiger partial charge in [-0.25, -0.2) is 14.4 Å². The molecule has 0 spiro atoms. The molecule has 3 rings (SSSR count). The van der Waals surface area contributed by atoms with E-state index in [4.69, 9.17) is 14.2 Å². The van der Waals surface area contributed by atoms with Crippen molar-refractivity contribution in [1.29, 1.82) is 0 Å². The third-order valence-electron chi connectivity index (χ3n) is 5.71. The first-order valence-corrected chi connectivity index (χ1v) is 11.8. The molecule has 7 nitrogen and oxygen atoms in total. The molecule has 1 aromatic heterocycles. The van der Waals surface area contributed by atoms with E-state index in [0.29, 0.717) is 31.3 Å². The zero-order chi connectivity index (χ0) is 24.6. The molecule has 186 valence electrons. The second-order valence-electron chi connectivity index (χ2n) is 9.78. The fraction of sp³-hybridized carbons (Fsp3) is 0.577. The molecule has 0 saturated carbocycles. The van der Waals surface area contributed by atoms with E-state index in [1.807, 2.05) is 12.4 Å². The molecule has 8 heteroatoms. The topological polar surface area (TPSA) is 73.8 Å². The van der Waals surface area contributed by atoms with Crippen LogP contribution in [-0.4, -0.2) is 48.3 Å². The van der Waals surface area contributed by atoms with Gasteiger partial charge in [0.2, 0.25) is 5.95 Å². The molecular weight excluding hydrogens is 437 g/mol. The number of carbonyl (C=O) groups is 1. The van der Waals surface area contributed by atoms with E-state index >= 15 is 0 Å². The molecule has 1 aliphatic heterocycles. The van der Waals surface area contributed by atoms with Gasteiger partial charge in [-0.3, -0.25) is 4.79 Å². The first-order valence-electron chi connectivity index (χ1n) is 11.8. The van der Waals surface area contributed by atoms with Gasteiger partial charge in [-0.2, -0.15) is 0 Å². The van der Waals surface area contributed by atoms with Gasteiger partial charge in [0.25, 0.3) is 0 Å². The van der Waals surface area contributed by atoms with Gasteiger partial charge in [0.05, 0.1) is 19.6 Å². The quantitative estimate of drug-likeness (QED) is 0.372. The number of rotatable bonds is 10. The van der Waals surface area contributed by atoms with Crippen LogP contribution in [-0.2, 0) is 38.6 Å². The van der Waals surface area contributed by atoms with Crippen LogP contribution in [0.5, 0.6) is 0 Å². The number of hydrogen-bond donors (Lipinski definition) is 0. The number of esters is 1. The van der Waals surface area contributed by atoms with Crippen LogP contribution >= 0.6 is 0 Å². The van der Waals surface area contributed by atoms with Crippen LogP contribution in [0.25, 0.3) is 0 Å². The maximum atomic E-state index is 14.4. The van der Waals surface area contributed by atoms with Gasteiger partial charge >= 0.3 is 5.97 Å². The summed E-state index contributed by atoms with van der Waals surface area (Å²) in [6, 6.07) is 4.88. The lowest BCUT2D eigenvalue weighted by Crippen LogP contribution is -2.35. The first kappa shape index (κ1) is 26.0. The van der Waals surface area contributed by atoms with Crippen LogP contribution in [0, 0.1) is 11.7 Å². The highest BCUT2D eigenvalue weighted by Gasteiger charge is 2.21. The van der Waals surface area contributed by atoms with Crippen LogP contribution in [0.15, 0.2) is 30.6 Å². The molecule has 2 aromatic rings. The SMILES string of the molecule is COCc1cnc(N2CCC(CCOCc3ccc(CC(=O)OC(C)(C)C)c(F)c3)CC2)nc1. The predicted octanol–water partition coefficient (Wildman–Crippen LogP) is 4.47. The van der Waals surface area contributed by atoms with Crippen LogP contribution in [0.2, 0.25) is 0 Å². The first-order chi connectivity index (χ1) is 16.2. The predicted molar refractivity (Wildman–Crippen MR) is 128 cm³/mol. The van der Waals surface area contributed by atoms with Gasteiger partial charge in [-0.15, -0.1) is 0 Å². The molecule has 1 aromatic carbocycles. The summed E-state index contributed by atoms with van der Waals surface area (Å²) in [7, 11) is 1.66. The molecule has 0 radical (unpaired) electrons. The second kappa shape index (κ2) is 12.2. The van der Waals surface area contributed by atoms with E-state index in [2.05, 4.69) is 14.9 Å². The highest BCUT2D eigenvalue weighted by Crippen LogP contribution is 2.23. The van der Waals surface area contributed by atoms with Crippen LogP contribution < -0.4 is 4.90 Å². The summed E-state index contributed by atoms with van der Waals surface area (Å²) in [5.74, 6) is 0.525. The number of aromatic nitrogens is 2. The van der Waals surface area contributed by atoms with Crippen molar-refractivity contribution >= 4 is 11.9 Å². The normalized spacial score (nSPS) is 14.9. The zero-order valence-electron chi connectivity index (χ0n) is 20.7. The van der Waals surface area contributed by atoms with Crippen LogP contribution in [0.4, 0.5) is 10.3 Å². The van der Waals surface area contributed by atoms with Crippen molar-refractivity contribution in [1.82, 2.24) is 9.97 Å². The number of hydrogen-bond acceptors (Lipinski definition) is 7. The largest absolute Gasteiger partial charge is 0.460 e. The third-order valence-corrected chi connectivity index (χ3v) is 5.71. The van der Waals surface area contributed by atoms with E-state index in [1.54, 1.807) is 40.0 Å². The van der Waals surface area contributed by atoms with Gasteiger partial charge in [0, 0.05) is 44.8 Å². The molecule has 0 bridgehead atoms. The monoisotopic (exact) mass is 473 g/mol. The van der Waals surface area contributed by atoms with Crippen molar-refractivity contribution < 1.29 is 23.4 Å². The minimum absolute atomic E-state index is 0.0781. The summed E-state index contributed by atoms with van der Waals surface area (Å²) in [5, 5.41) is 0.